The average Bonchev–Trinajstić information content (AvgIpc) is 2.93. The lowest BCUT2D eigenvalue weighted by molar-refractivity contribution is -0.141. The maximum Gasteiger partial charge on any atom is 0.328 e. The summed E-state index contributed by atoms with van der Waals surface area (Å²) in [5, 5.41) is 19.8. The second-order valence-corrected chi connectivity index (χ2v) is 5.45. The number of amides is 2. The molecule has 0 aliphatic carbocycles. The fourth-order valence-corrected chi connectivity index (χ4v) is 2.20. The normalized spacial score (nSPS) is 13.5. The number of nitrogens with two attached hydrogens (primary N) is 1. The van der Waals surface area contributed by atoms with E-state index < -0.39 is 18.0 Å². The van der Waals surface area contributed by atoms with Crippen molar-refractivity contribution >= 4 is 12.0 Å². The van der Waals surface area contributed by atoms with Gasteiger partial charge in [-0.05, 0) is 19.3 Å². The number of hydrogen-bond donors (Lipinski definition) is 3. The molecule has 1 heterocycles. The molecule has 0 unspecified atom stereocenters. The molecular weight excluding hydrogens is 286 g/mol. The summed E-state index contributed by atoms with van der Waals surface area (Å²) in [6, 6.07) is -1.39. The zero-order valence-electron chi connectivity index (χ0n) is 13.2. The molecular formula is C14H25N5O3. The van der Waals surface area contributed by atoms with Gasteiger partial charge in [-0.15, -0.1) is 5.10 Å². The number of carboxylic acid groups (broad SMARTS) is 1. The first kappa shape index (κ1) is 17.9. The van der Waals surface area contributed by atoms with Crippen molar-refractivity contribution in [1.29, 1.82) is 0 Å². The molecule has 0 saturated carbocycles. The number of rotatable bonds is 10. The van der Waals surface area contributed by atoms with Crippen LogP contribution in [0.3, 0.4) is 0 Å². The zero-order chi connectivity index (χ0) is 16.5. The quantitative estimate of drug-likeness (QED) is 0.567. The monoisotopic (exact) mass is 311 g/mol. The number of unbranched alkanes of at least 4 members (excludes halogenated alkanes) is 1. The van der Waals surface area contributed by atoms with Crippen LogP contribution in [0.1, 0.15) is 63.6 Å². The lowest BCUT2D eigenvalue weighted by Gasteiger charge is -2.12. The van der Waals surface area contributed by atoms with Crippen molar-refractivity contribution in [3.8, 4) is 0 Å². The third kappa shape index (κ3) is 5.71. The van der Waals surface area contributed by atoms with Crippen molar-refractivity contribution in [2.75, 3.05) is 6.54 Å². The molecule has 0 fully saturated rings. The number of hydrogen-bond acceptors (Lipinski definition) is 4. The van der Waals surface area contributed by atoms with E-state index in [9.17, 15) is 14.7 Å². The fraction of sp³-hybridized carbons (Fsp3) is 0.714. The maximum atomic E-state index is 11.4. The smallest absolute Gasteiger partial charge is 0.328 e. The van der Waals surface area contributed by atoms with E-state index in [1.165, 1.54) is 4.68 Å². The highest BCUT2D eigenvalue weighted by Gasteiger charge is 2.22. The number of nitrogens with zero attached hydrogens (tertiary/aromatic N) is 3. The minimum absolute atomic E-state index is 0.264. The van der Waals surface area contributed by atoms with Gasteiger partial charge in [0.15, 0.2) is 6.04 Å². The van der Waals surface area contributed by atoms with Gasteiger partial charge in [-0.25, -0.2) is 14.3 Å². The summed E-state index contributed by atoms with van der Waals surface area (Å²) in [5.41, 5.74) is 5.78. The van der Waals surface area contributed by atoms with Crippen LogP contribution in [0.15, 0.2) is 6.20 Å². The summed E-state index contributed by atoms with van der Waals surface area (Å²) in [6.07, 6.45) is 5.79. The molecule has 0 aromatic carbocycles. The zero-order valence-corrected chi connectivity index (χ0v) is 13.2. The van der Waals surface area contributed by atoms with Crippen LogP contribution in [0.2, 0.25) is 0 Å². The minimum Gasteiger partial charge on any atom is -0.480 e. The number of carbonyl (C=O) groups is 2. The topological polar surface area (TPSA) is 123 Å². The van der Waals surface area contributed by atoms with Crippen molar-refractivity contribution < 1.29 is 14.7 Å². The number of aromatic nitrogens is 3. The molecule has 8 nitrogen and oxygen atoms in total. The Morgan fingerprint density at radius 1 is 1.41 bits per heavy atom. The maximum absolute atomic E-state index is 11.4. The third-order valence-electron chi connectivity index (χ3n) is 3.58. The van der Waals surface area contributed by atoms with E-state index in [1.54, 1.807) is 6.20 Å². The predicted molar refractivity (Wildman–Crippen MR) is 81.5 cm³/mol. The van der Waals surface area contributed by atoms with Gasteiger partial charge in [-0.3, -0.25) is 0 Å². The highest BCUT2D eigenvalue weighted by Crippen LogP contribution is 2.21. The van der Waals surface area contributed by atoms with Crippen molar-refractivity contribution in [3.05, 3.63) is 11.9 Å². The Morgan fingerprint density at radius 2 is 2.14 bits per heavy atom. The molecule has 1 rings (SSSR count). The van der Waals surface area contributed by atoms with Gasteiger partial charge >= 0.3 is 12.0 Å². The van der Waals surface area contributed by atoms with E-state index in [-0.39, 0.29) is 5.92 Å². The second-order valence-electron chi connectivity index (χ2n) is 5.45. The molecule has 2 amide bonds. The molecule has 4 N–H and O–H groups in total. The number of primary amides is 1. The minimum atomic E-state index is -0.961. The summed E-state index contributed by atoms with van der Waals surface area (Å²) < 4.78 is 1.39. The fourth-order valence-electron chi connectivity index (χ4n) is 2.20. The first-order valence-corrected chi connectivity index (χ1v) is 7.63. The van der Waals surface area contributed by atoms with Crippen LogP contribution < -0.4 is 11.1 Å². The molecule has 0 radical (unpaired) electrons. The summed E-state index contributed by atoms with van der Waals surface area (Å²) in [5.74, 6) is -0.698. The van der Waals surface area contributed by atoms with Crippen LogP contribution in [0.25, 0.3) is 0 Å². The molecule has 1 aromatic rings. The number of urea groups is 1. The number of nitrogens with one attached hydrogen (secondary N) is 1. The van der Waals surface area contributed by atoms with E-state index >= 15 is 0 Å². The molecule has 0 saturated heterocycles. The van der Waals surface area contributed by atoms with Crippen molar-refractivity contribution in [2.45, 2.75) is 57.9 Å². The van der Waals surface area contributed by atoms with Gasteiger partial charge in [0.25, 0.3) is 0 Å². The summed E-state index contributed by atoms with van der Waals surface area (Å²) in [7, 11) is 0. The third-order valence-corrected chi connectivity index (χ3v) is 3.58. The van der Waals surface area contributed by atoms with Gasteiger partial charge in [0.1, 0.15) is 0 Å². The highest BCUT2D eigenvalue weighted by atomic mass is 16.4. The Labute approximate surface area is 130 Å². The van der Waals surface area contributed by atoms with Gasteiger partial charge in [-0.1, -0.05) is 31.9 Å². The molecule has 2 atom stereocenters. The first-order chi connectivity index (χ1) is 10.5. The highest BCUT2D eigenvalue weighted by molar-refractivity contribution is 5.72. The molecule has 0 aliphatic rings. The molecule has 22 heavy (non-hydrogen) atoms. The van der Waals surface area contributed by atoms with Crippen molar-refractivity contribution in [1.82, 2.24) is 20.3 Å². The Balaban J connectivity index is 2.62. The van der Waals surface area contributed by atoms with Gasteiger partial charge < -0.3 is 16.2 Å². The van der Waals surface area contributed by atoms with Gasteiger partial charge in [0, 0.05) is 18.7 Å². The van der Waals surface area contributed by atoms with Crippen LogP contribution >= 0.6 is 0 Å². The number of aliphatic carboxylic acids is 1. The molecule has 0 spiro atoms. The Bertz CT molecular complexity index is 489. The van der Waals surface area contributed by atoms with Crippen molar-refractivity contribution in [2.24, 2.45) is 5.73 Å². The SMILES string of the molecule is CCCC[C@H](C)c1cn([C@@H](CCCNC(N)=O)C(=O)O)nn1. The number of carbonyl (C=O) groups excluding carboxylic acids is 1. The number of carboxylic acids is 1. The van der Waals surface area contributed by atoms with Gasteiger partial charge in [0.2, 0.25) is 0 Å². The molecule has 1 aromatic heterocycles. The van der Waals surface area contributed by atoms with Crippen LogP contribution in [-0.2, 0) is 4.79 Å². The molecule has 0 aliphatic heterocycles. The first-order valence-electron chi connectivity index (χ1n) is 7.63. The van der Waals surface area contributed by atoms with E-state index in [1.807, 2.05) is 0 Å². The Morgan fingerprint density at radius 3 is 2.73 bits per heavy atom. The molecule has 8 heteroatoms. The van der Waals surface area contributed by atoms with Crippen molar-refractivity contribution in [3.63, 3.8) is 0 Å². The Hall–Kier alpha value is -2.12. The van der Waals surface area contributed by atoms with E-state index in [0.717, 1.165) is 25.0 Å². The summed E-state index contributed by atoms with van der Waals surface area (Å²) in [6.45, 7) is 4.54. The van der Waals surface area contributed by atoms with E-state index in [2.05, 4.69) is 29.5 Å². The summed E-state index contributed by atoms with van der Waals surface area (Å²) in [4.78, 5) is 22.0. The van der Waals surface area contributed by atoms with Gasteiger partial charge in [0.05, 0.1) is 5.69 Å². The average molecular weight is 311 g/mol. The lowest BCUT2D eigenvalue weighted by atomic mass is 10.0. The molecule has 124 valence electrons. The van der Waals surface area contributed by atoms with E-state index in [0.29, 0.717) is 19.4 Å². The molecule has 0 bridgehead atoms. The lowest BCUT2D eigenvalue weighted by Crippen LogP contribution is -2.30. The standard InChI is InChI=1S/C14H25N5O3/c1-3-4-6-10(2)11-9-19(18-17-11)12(13(20)21)7-5-8-16-14(15)22/h9-10,12H,3-8H2,1-2H3,(H,20,21)(H3,15,16,22)/t10-,12-/m0/s1. The second kappa shape index (κ2) is 9.01. The van der Waals surface area contributed by atoms with Crippen LogP contribution in [-0.4, -0.2) is 38.6 Å². The van der Waals surface area contributed by atoms with Crippen LogP contribution in [0.4, 0.5) is 4.79 Å². The predicted octanol–water partition coefficient (Wildman–Crippen LogP) is 1.65. The largest absolute Gasteiger partial charge is 0.480 e. The van der Waals surface area contributed by atoms with E-state index in [4.69, 9.17) is 5.73 Å². The van der Waals surface area contributed by atoms with Crippen LogP contribution in [0, 0.1) is 0 Å². The Kier molecular flexibility index (Phi) is 7.34. The summed E-state index contributed by atoms with van der Waals surface area (Å²) >= 11 is 0. The van der Waals surface area contributed by atoms with Gasteiger partial charge in [-0.2, -0.15) is 0 Å². The van der Waals surface area contributed by atoms with Crippen LogP contribution in [0.5, 0.6) is 0 Å².